The minimum Gasteiger partial charge on any atom is -0.354 e. The van der Waals surface area contributed by atoms with E-state index in [2.05, 4.69) is 6.07 Å². The van der Waals surface area contributed by atoms with E-state index in [-0.39, 0.29) is 5.88 Å². The summed E-state index contributed by atoms with van der Waals surface area (Å²) in [6, 6.07) is 9.99. The molecule has 1 aromatic carbocycles. The molecule has 0 N–H and O–H groups in total. The van der Waals surface area contributed by atoms with Crippen molar-refractivity contribution in [2.75, 3.05) is 12.5 Å². The first-order chi connectivity index (χ1) is 6.82. The predicted molar refractivity (Wildman–Crippen MR) is 54.1 cm³/mol. The molecule has 0 saturated carbocycles. The molecule has 1 atom stereocenters. The Morgan fingerprint density at radius 3 is 3.00 bits per heavy atom. The maximum atomic E-state index is 9.13. The van der Waals surface area contributed by atoms with Gasteiger partial charge in [-0.1, -0.05) is 24.3 Å². The van der Waals surface area contributed by atoms with Gasteiger partial charge in [0, 0.05) is 5.56 Å². The van der Waals surface area contributed by atoms with Crippen LogP contribution in [0.1, 0.15) is 11.1 Å². The van der Waals surface area contributed by atoms with E-state index in [0.29, 0.717) is 6.61 Å². The maximum Gasteiger partial charge on any atom is 0.193 e. The van der Waals surface area contributed by atoms with Gasteiger partial charge in [-0.05, 0) is 12.0 Å². The fraction of sp³-hybridized carbons (Fsp3) is 0.364. The monoisotopic (exact) mass is 207 g/mol. The molecule has 0 fully saturated rings. The molecule has 1 aromatic rings. The molecule has 72 valence electrons. The third-order valence-electron chi connectivity index (χ3n) is 2.54. The first kappa shape index (κ1) is 9.51. The molecule has 1 unspecified atom stereocenters. The largest absolute Gasteiger partial charge is 0.354 e. The molecule has 2 nitrogen and oxygen atoms in total. The van der Waals surface area contributed by atoms with Crippen LogP contribution in [0.5, 0.6) is 0 Å². The number of hydrogen-bond acceptors (Lipinski definition) is 2. The highest BCUT2D eigenvalue weighted by atomic mass is 35.5. The number of fused-ring (bicyclic) bond motifs is 1. The number of rotatable bonds is 1. The van der Waals surface area contributed by atoms with Gasteiger partial charge in [0.15, 0.2) is 5.60 Å². The molecule has 0 radical (unpaired) electrons. The molecular formula is C11H10ClNO. The van der Waals surface area contributed by atoms with Crippen LogP contribution in [0.15, 0.2) is 24.3 Å². The van der Waals surface area contributed by atoms with Gasteiger partial charge in [-0.2, -0.15) is 5.26 Å². The Balaban J connectivity index is 2.55. The Kier molecular flexibility index (Phi) is 2.45. The predicted octanol–water partition coefficient (Wildman–Crippen LogP) is 2.22. The summed E-state index contributed by atoms with van der Waals surface area (Å²) in [7, 11) is 0. The maximum absolute atomic E-state index is 9.13. The number of alkyl halides is 1. The minimum atomic E-state index is -0.934. The highest BCUT2D eigenvalue weighted by Crippen LogP contribution is 2.33. The summed E-state index contributed by atoms with van der Waals surface area (Å²) in [4.78, 5) is 0. The summed E-state index contributed by atoms with van der Waals surface area (Å²) >= 11 is 5.82. The van der Waals surface area contributed by atoms with E-state index in [0.717, 1.165) is 12.0 Å². The second kappa shape index (κ2) is 3.61. The van der Waals surface area contributed by atoms with Gasteiger partial charge in [-0.3, -0.25) is 0 Å². The molecular weight excluding hydrogens is 198 g/mol. The average molecular weight is 208 g/mol. The molecule has 0 aliphatic carbocycles. The van der Waals surface area contributed by atoms with Crippen molar-refractivity contribution in [3.05, 3.63) is 35.4 Å². The number of hydrogen-bond donors (Lipinski definition) is 0. The summed E-state index contributed by atoms with van der Waals surface area (Å²) < 4.78 is 5.50. The first-order valence-corrected chi connectivity index (χ1v) is 5.05. The summed E-state index contributed by atoms with van der Waals surface area (Å²) in [5.41, 5.74) is 1.15. The molecule has 2 rings (SSSR count). The average Bonchev–Trinajstić information content (AvgIpc) is 2.28. The lowest BCUT2D eigenvalue weighted by atomic mass is 9.89. The Hall–Kier alpha value is -1.04. The first-order valence-electron chi connectivity index (χ1n) is 4.52. The van der Waals surface area contributed by atoms with Gasteiger partial charge >= 0.3 is 0 Å². The summed E-state index contributed by atoms with van der Waals surface area (Å²) in [6.45, 7) is 0.567. The van der Waals surface area contributed by atoms with E-state index in [1.54, 1.807) is 0 Å². The van der Waals surface area contributed by atoms with E-state index >= 15 is 0 Å². The lowest BCUT2D eigenvalue weighted by Crippen LogP contribution is -2.35. The fourth-order valence-corrected chi connectivity index (χ4v) is 2.06. The van der Waals surface area contributed by atoms with Crippen molar-refractivity contribution < 1.29 is 4.74 Å². The van der Waals surface area contributed by atoms with Gasteiger partial charge in [-0.25, -0.2) is 0 Å². The van der Waals surface area contributed by atoms with Gasteiger partial charge in [0.05, 0.1) is 12.5 Å². The minimum absolute atomic E-state index is 0.181. The number of benzene rings is 1. The van der Waals surface area contributed by atoms with E-state index in [4.69, 9.17) is 21.6 Å². The molecule has 0 spiro atoms. The Labute approximate surface area is 88.1 Å². The van der Waals surface area contributed by atoms with Gasteiger partial charge in [0.25, 0.3) is 0 Å². The van der Waals surface area contributed by atoms with Crippen molar-refractivity contribution in [3.8, 4) is 6.07 Å². The van der Waals surface area contributed by atoms with Crippen LogP contribution in [0, 0.1) is 11.3 Å². The van der Waals surface area contributed by atoms with Crippen molar-refractivity contribution in [1.29, 1.82) is 5.26 Å². The van der Waals surface area contributed by atoms with Crippen LogP contribution >= 0.6 is 11.6 Å². The quantitative estimate of drug-likeness (QED) is 0.662. The van der Waals surface area contributed by atoms with Gasteiger partial charge in [-0.15, -0.1) is 11.6 Å². The Bertz CT molecular complexity index is 385. The highest BCUT2D eigenvalue weighted by molar-refractivity contribution is 6.18. The topological polar surface area (TPSA) is 33.0 Å². The zero-order chi connectivity index (χ0) is 10.0. The summed E-state index contributed by atoms with van der Waals surface area (Å²) in [5.74, 6) is 0.181. The zero-order valence-electron chi connectivity index (χ0n) is 7.66. The van der Waals surface area contributed by atoms with E-state index < -0.39 is 5.60 Å². The van der Waals surface area contributed by atoms with Crippen LogP contribution in [0.4, 0.5) is 0 Å². The van der Waals surface area contributed by atoms with Gasteiger partial charge in [0.1, 0.15) is 6.07 Å². The van der Waals surface area contributed by atoms with Crippen LogP contribution in [-0.2, 0) is 16.8 Å². The van der Waals surface area contributed by atoms with E-state index in [9.17, 15) is 0 Å². The third kappa shape index (κ3) is 1.30. The number of nitriles is 1. The van der Waals surface area contributed by atoms with Crippen molar-refractivity contribution >= 4 is 11.6 Å². The molecule has 1 heterocycles. The third-order valence-corrected chi connectivity index (χ3v) is 2.92. The van der Waals surface area contributed by atoms with Crippen LogP contribution < -0.4 is 0 Å². The van der Waals surface area contributed by atoms with Crippen LogP contribution in [-0.4, -0.2) is 12.5 Å². The van der Waals surface area contributed by atoms with Crippen molar-refractivity contribution in [2.45, 2.75) is 12.0 Å². The summed E-state index contributed by atoms with van der Waals surface area (Å²) in [6.07, 6.45) is 0.858. The molecule has 0 aromatic heterocycles. The fourth-order valence-electron chi connectivity index (χ4n) is 1.78. The van der Waals surface area contributed by atoms with Crippen LogP contribution in [0.3, 0.4) is 0 Å². The van der Waals surface area contributed by atoms with Crippen molar-refractivity contribution in [1.82, 2.24) is 0 Å². The molecule has 14 heavy (non-hydrogen) atoms. The smallest absolute Gasteiger partial charge is 0.193 e. The standard InChI is InChI=1S/C11H10ClNO/c12-7-11(8-13)10-4-2-1-3-9(10)5-6-14-11/h1-4H,5-7H2. The Morgan fingerprint density at radius 2 is 2.29 bits per heavy atom. The van der Waals surface area contributed by atoms with Crippen molar-refractivity contribution in [3.63, 3.8) is 0 Å². The van der Waals surface area contributed by atoms with Crippen LogP contribution in [0.2, 0.25) is 0 Å². The molecule has 0 saturated heterocycles. The molecule has 1 aliphatic rings. The van der Waals surface area contributed by atoms with Gasteiger partial charge in [0.2, 0.25) is 0 Å². The number of halogens is 1. The molecule has 0 bridgehead atoms. The second-order valence-corrected chi connectivity index (χ2v) is 3.60. The number of nitrogens with zero attached hydrogens (tertiary/aromatic N) is 1. The SMILES string of the molecule is N#CC1(CCl)OCCc2ccccc21. The van der Waals surface area contributed by atoms with Crippen molar-refractivity contribution in [2.24, 2.45) is 0 Å². The zero-order valence-corrected chi connectivity index (χ0v) is 8.42. The Morgan fingerprint density at radius 1 is 1.50 bits per heavy atom. The van der Waals surface area contributed by atoms with Gasteiger partial charge < -0.3 is 4.74 Å². The lowest BCUT2D eigenvalue weighted by molar-refractivity contribution is 0.000731. The van der Waals surface area contributed by atoms with E-state index in [1.165, 1.54) is 5.56 Å². The highest BCUT2D eigenvalue weighted by Gasteiger charge is 2.37. The lowest BCUT2D eigenvalue weighted by Gasteiger charge is -2.31. The van der Waals surface area contributed by atoms with E-state index in [1.807, 2.05) is 24.3 Å². The summed E-state index contributed by atoms with van der Waals surface area (Å²) in [5, 5.41) is 9.13. The molecule has 3 heteroatoms. The molecule has 1 aliphatic heterocycles. The number of ether oxygens (including phenoxy) is 1. The normalized spacial score (nSPS) is 25.1. The molecule has 0 amide bonds. The van der Waals surface area contributed by atoms with Crippen LogP contribution in [0.25, 0.3) is 0 Å². The second-order valence-electron chi connectivity index (χ2n) is 3.33.